The van der Waals surface area contributed by atoms with E-state index in [9.17, 15) is 0 Å². The van der Waals surface area contributed by atoms with Gasteiger partial charge in [0.1, 0.15) is 29.7 Å². The molecule has 1 saturated carbocycles. The SMILES string of the molecule is C#C.CC.CC.CC(C)=CCc1cccc2[nH]c3c(c12)C[C@@H]1CCC2C45OC4C4OC(C6OC6(C)C)OC(C)(C)C4OC5=CC[C@]2(C)[C@@]31C. The van der Waals surface area contributed by atoms with Gasteiger partial charge in [-0.15, -0.1) is 12.8 Å². The highest BCUT2D eigenvalue weighted by Gasteiger charge is 2.81. The number of ether oxygens (including phenoxy) is 5. The first-order chi connectivity index (χ1) is 23.3. The lowest BCUT2D eigenvalue weighted by atomic mass is 9.44. The Morgan fingerprint density at radius 2 is 1.57 bits per heavy atom. The van der Waals surface area contributed by atoms with Crippen LogP contribution in [0.2, 0.25) is 0 Å². The number of fused-ring (bicyclic) bond motifs is 9. The molecule has 0 bridgehead atoms. The maximum absolute atomic E-state index is 6.95. The Morgan fingerprint density at radius 3 is 2.22 bits per heavy atom. The quantitative estimate of drug-likeness (QED) is 0.200. The van der Waals surface area contributed by atoms with Crippen molar-refractivity contribution in [3.8, 4) is 12.8 Å². The molecule has 7 aliphatic rings. The maximum Gasteiger partial charge on any atom is 0.188 e. The van der Waals surface area contributed by atoms with Crippen LogP contribution in [0, 0.1) is 30.1 Å². The molecule has 4 saturated heterocycles. The van der Waals surface area contributed by atoms with Gasteiger partial charge in [0.15, 0.2) is 18.0 Å². The molecule has 1 aromatic heterocycles. The third kappa shape index (κ3) is 4.96. The van der Waals surface area contributed by atoms with Crippen molar-refractivity contribution >= 4 is 10.9 Å². The minimum atomic E-state index is -0.507. The van der Waals surface area contributed by atoms with Gasteiger partial charge in [0.25, 0.3) is 0 Å². The van der Waals surface area contributed by atoms with Gasteiger partial charge in [-0.2, -0.15) is 0 Å². The van der Waals surface area contributed by atoms with E-state index in [2.05, 4.69) is 104 Å². The fourth-order valence-electron chi connectivity index (χ4n) is 10.6. The molecule has 1 N–H and O–H groups in total. The first-order valence-electron chi connectivity index (χ1n) is 19.0. The zero-order chi connectivity index (χ0) is 35.9. The molecule has 5 fully saturated rings. The number of aromatic nitrogens is 1. The summed E-state index contributed by atoms with van der Waals surface area (Å²) in [4.78, 5) is 4.02. The zero-order valence-electron chi connectivity index (χ0n) is 32.2. The van der Waals surface area contributed by atoms with Gasteiger partial charge in [0.2, 0.25) is 0 Å². The molecule has 6 nitrogen and oxygen atoms in total. The van der Waals surface area contributed by atoms with E-state index in [1.807, 2.05) is 27.7 Å². The summed E-state index contributed by atoms with van der Waals surface area (Å²) >= 11 is 0. The lowest BCUT2D eigenvalue weighted by Gasteiger charge is -2.60. The Bertz CT molecular complexity index is 1660. The van der Waals surface area contributed by atoms with Gasteiger partial charge in [0.05, 0.1) is 5.60 Å². The Hall–Kier alpha value is -2.56. The normalized spacial score (nSPS) is 40.4. The molecule has 3 aliphatic carbocycles. The van der Waals surface area contributed by atoms with E-state index in [0.29, 0.717) is 11.8 Å². The van der Waals surface area contributed by atoms with Gasteiger partial charge in [-0.1, -0.05) is 65.3 Å². The van der Waals surface area contributed by atoms with Crippen LogP contribution in [0.5, 0.6) is 0 Å². The van der Waals surface area contributed by atoms with Crippen LogP contribution >= 0.6 is 0 Å². The summed E-state index contributed by atoms with van der Waals surface area (Å²) in [6, 6.07) is 6.82. The third-order valence-corrected chi connectivity index (χ3v) is 13.1. The molecular formula is C43H61NO5. The van der Waals surface area contributed by atoms with Gasteiger partial charge in [-0.05, 0) is 108 Å². The number of hydrogen-bond acceptors (Lipinski definition) is 5. The first-order valence-corrected chi connectivity index (χ1v) is 19.0. The van der Waals surface area contributed by atoms with Gasteiger partial charge in [-0.25, -0.2) is 0 Å². The zero-order valence-corrected chi connectivity index (χ0v) is 32.2. The largest absolute Gasteiger partial charge is 0.486 e. The summed E-state index contributed by atoms with van der Waals surface area (Å²) in [7, 11) is 0. The van der Waals surface area contributed by atoms with E-state index in [0.717, 1.165) is 31.4 Å². The number of aromatic amines is 1. The molecule has 9 rings (SSSR count). The average molecular weight is 672 g/mol. The van der Waals surface area contributed by atoms with Crippen LogP contribution in [-0.2, 0) is 41.9 Å². The van der Waals surface area contributed by atoms with Crippen LogP contribution in [0.15, 0.2) is 41.7 Å². The lowest BCUT2D eigenvalue weighted by molar-refractivity contribution is -0.329. The predicted molar refractivity (Wildman–Crippen MR) is 197 cm³/mol. The third-order valence-electron chi connectivity index (χ3n) is 13.1. The number of epoxide rings is 2. The molecule has 5 heterocycles. The monoisotopic (exact) mass is 671 g/mol. The molecule has 0 amide bonds. The summed E-state index contributed by atoms with van der Waals surface area (Å²) in [6.07, 6.45) is 17.4. The van der Waals surface area contributed by atoms with Crippen molar-refractivity contribution in [3.05, 3.63) is 58.5 Å². The lowest BCUT2D eigenvalue weighted by Crippen LogP contribution is -2.66. The van der Waals surface area contributed by atoms with E-state index < -0.39 is 17.5 Å². The predicted octanol–water partition coefficient (Wildman–Crippen LogP) is 9.35. The first kappa shape index (κ1) is 36.2. The number of H-pyrrole nitrogens is 1. The molecule has 6 heteroatoms. The van der Waals surface area contributed by atoms with Crippen molar-refractivity contribution in [2.24, 2.45) is 17.3 Å². The fraction of sp³-hybridized carbons (Fsp3) is 0.674. The number of hydrogen-bond donors (Lipinski definition) is 1. The van der Waals surface area contributed by atoms with Gasteiger partial charge in [0, 0.05) is 27.9 Å². The van der Waals surface area contributed by atoms with Crippen LogP contribution < -0.4 is 0 Å². The summed E-state index contributed by atoms with van der Waals surface area (Å²) in [5, 5.41) is 1.47. The van der Waals surface area contributed by atoms with Crippen molar-refractivity contribution in [2.75, 3.05) is 0 Å². The summed E-state index contributed by atoms with van der Waals surface area (Å²) in [5.74, 6) is 2.01. The number of terminal acetylenes is 1. The summed E-state index contributed by atoms with van der Waals surface area (Å²) in [6.45, 7) is 26.0. The highest BCUT2D eigenvalue weighted by atomic mass is 16.8. The fourth-order valence-corrected chi connectivity index (χ4v) is 10.6. The molecule has 10 atom stereocenters. The Morgan fingerprint density at radius 1 is 0.898 bits per heavy atom. The Labute approximate surface area is 295 Å². The molecule has 2 aromatic rings. The number of rotatable bonds is 3. The maximum atomic E-state index is 6.95. The van der Waals surface area contributed by atoms with Crippen LogP contribution in [-0.4, -0.2) is 52.5 Å². The van der Waals surface area contributed by atoms with Gasteiger partial charge in [-0.3, -0.25) is 0 Å². The van der Waals surface area contributed by atoms with Crippen molar-refractivity contribution in [3.63, 3.8) is 0 Å². The number of benzene rings is 1. The van der Waals surface area contributed by atoms with Crippen LogP contribution in [0.25, 0.3) is 10.9 Å². The average Bonchev–Trinajstić information content (AvgIpc) is 3.90. The van der Waals surface area contributed by atoms with Crippen LogP contribution in [0.1, 0.15) is 119 Å². The van der Waals surface area contributed by atoms with Crippen molar-refractivity contribution in [1.82, 2.24) is 4.98 Å². The van der Waals surface area contributed by atoms with Gasteiger partial charge >= 0.3 is 0 Å². The smallest absolute Gasteiger partial charge is 0.188 e. The molecule has 268 valence electrons. The van der Waals surface area contributed by atoms with E-state index >= 15 is 0 Å². The summed E-state index contributed by atoms with van der Waals surface area (Å²) in [5.41, 5.74) is 6.04. The minimum absolute atomic E-state index is 0.0194. The minimum Gasteiger partial charge on any atom is -0.486 e. The standard InChI is InChI=1S/C37H47NO5.2C2H6.C2H2/c1-19(2)12-13-20-10-9-11-23-26(20)22-18-21-14-15-24-35(7,36(21,8)28(22)38-23)17-16-25-37(24)30(42-37)27-29(39-25)33(3,4)43-32(40-27)31-34(5,6)41-31;3*1-2/h9-12,16,21,24,27,29-32,38H,13-15,17-18H2,1-8H3;2*1-2H3;1-2H/t21-,24?,27?,29?,30?,31?,32?,35-,36+,37?;;;/m0.../s1. The highest BCUT2D eigenvalue weighted by Crippen LogP contribution is 2.73. The molecule has 1 aromatic carbocycles. The Kier molecular flexibility index (Phi) is 9.09. The van der Waals surface area contributed by atoms with E-state index in [-0.39, 0.29) is 40.8 Å². The molecule has 0 radical (unpaired) electrons. The Balaban J connectivity index is 0.000000661. The molecule has 1 spiro atoms. The number of nitrogens with one attached hydrogen (secondary N) is 1. The molecular weight excluding hydrogens is 610 g/mol. The van der Waals surface area contributed by atoms with Crippen molar-refractivity contribution < 1.29 is 23.7 Å². The second-order valence-electron chi connectivity index (χ2n) is 16.4. The van der Waals surface area contributed by atoms with Crippen molar-refractivity contribution in [1.29, 1.82) is 0 Å². The molecule has 49 heavy (non-hydrogen) atoms. The topological polar surface area (TPSA) is 68.5 Å². The van der Waals surface area contributed by atoms with Crippen molar-refractivity contribution in [2.45, 2.75) is 168 Å². The van der Waals surface area contributed by atoms with E-state index in [4.69, 9.17) is 23.7 Å². The second-order valence-corrected chi connectivity index (χ2v) is 16.4. The van der Waals surface area contributed by atoms with Gasteiger partial charge < -0.3 is 28.7 Å². The van der Waals surface area contributed by atoms with E-state index in [1.165, 1.54) is 34.2 Å². The summed E-state index contributed by atoms with van der Waals surface area (Å²) < 4.78 is 33.0. The molecule has 7 unspecified atom stereocenters. The second kappa shape index (κ2) is 12.3. The highest BCUT2D eigenvalue weighted by molar-refractivity contribution is 5.89. The number of allylic oxidation sites excluding steroid dienone is 3. The van der Waals surface area contributed by atoms with E-state index in [1.54, 1.807) is 5.56 Å². The van der Waals surface area contributed by atoms with Crippen LogP contribution in [0.4, 0.5) is 0 Å². The molecule has 4 aliphatic heterocycles. The van der Waals surface area contributed by atoms with Crippen LogP contribution in [0.3, 0.4) is 0 Å².